The molecule has 1 aliphatic rings. The number of hydrogen-bond donors (Lipinski definition) is 2. The first kappa shape index (κ1) is 17.4. The highest BCUT2D eigenvalue weighted by molar-refractivity contribution is 7.89. The predicted molar refractivity (Wildman–Crippen MR) is 95.5 cm³/mol. The van der Waals surface area contributed by atoms with Crippen molar-refractivity contribution in [2.45, 2.75) is 37.7 Å². The van der Waals surface area contributed by atoms with Gasteiger partial charge in [-0.05, 0) is 37.6 Å². The number of hydrogen-bond acceptors (Lipinski definition) is 4. The number of fused-ring (bicyclic) bond motifs is 1. The minimum atomic E-state index is -3.86. The zero-order valence-corrected chi connectivity index (χ0v) is 15.1. The molecule has 0 unspecified atom stereocenters. The maximum Gasteiger partial charge on any atom is 0.259 e. The lowest BCUT2D eigenvalue weighted by Gasteiger charge is -2.11. The lowest BCUT2D eigenvalue weighted by molar-refractivity contribution is 0.102. The van der Waals surface area contributed by atoms with E-state index >= 15 is 0 Å². The van der Waals surface area contributed by atoms with Crippen molar-refractivity contribution in [1.82, 2.24) is 0 Å². The first-order valence-electron chi connectivity index (χ1n) is 7.93. The summed E-state index contributed by atoms with van der Waals surface area (Å²) in [5.41, 5.74) is 2.30. The first-order valence-corrected chi connectivity index (χ1v) is 9.47. The van der Waals surface area contributed by atoms with E-state index in [1.165, 1.54) is 6.07 Å². The number of ether oxygens (including phenoxy) is 1. The molecule has 0 aromatic heterocycles. The molecule has 0 saturated heterocycles. The molecule has 0 saturated carbocycles. The number of benzene rings is 2. The Labute approximate surface area is 147 Å². The van der Waals surface area contributed by atoms with Crippen LogP contribution >= 0.6 is 0 Å². The molecule has 2 aromatic rings. The monoisotopic (exact) mass is 360 g/mol. The van der Waals surface area contributed by atoms with Crippen LogP contribution in [0.25, 0.3) is 0 Å². The molecule has 25 heavy (non-hydrogen) atoms. The van der Waals surface area contributed by atoms with Crippen LogP contribution in [-0.2, 0) is 10.0 Å². The van der Waals surface area contributed by atoms with Crippen LogP contribution in [0.3, 0.4) is 0 Å². The molecule has 0 bridgehead atoms. The van der Waals surface area contributed by atoms with Crippen LogP contribution in [-0.4, -0.2) is 20.4 Å². The summed E-state index contributed by atoms with van der Waals surface area (Å²) in [6, 6.07) is 10.1. The van der Waals surface area contributed by atoms with E-state index in [0.717, 1.165) is 5.56 Å². The third-order valence-corrected chi connectivity index (χ3v) is 5.59. The van der Waals surface area contributed by atoms with Gasteiger partial charge in [0.15, 0.2) is 0 Å². The van der Waals surface area contributed by atoms with E-state index in [1.54, 1.807) is 25.1 Å². The van der Waals surface area contributed by atoms with Gasteiger partial charge in [-0.25, -0.2) is 13.6 Å². The summed E-state index contributed by atoms with van der Waals surface area (Å²) in [7, 11) is -3.86. The molecule has 6 nitrogen and oxygen atoms in total. The van der Waals surface area contributed by atoms with Crippen molar-refractivity contribution in [3.05, 3.63) is 53.1 Å². The Morgan fingerprint density at radius 3 is 2.60 bits per heavy atom. The molecule has 2 aromatic carbocycles. The molecule has 2 atom stereocenters. The van der Waals surface area contributed by atoms with Crippen molar-refractivity contribution in [2.24, 2.45) is 5.14 Å². The smallest absolute Gasteiger partial charge is 0.259 e. The Morgan fingerprint density at radius 1 is 1.20 bits per heavy atom. The maximum absolute atomic E-state index is 12.7. The molecule has 0 fully saturated rings. The minimum Gasteiger partial charge on any atom is -0.489 e. The summed E-state index contributed by atoms with van der Waals surface area (Å²) < 4.78 is 29.1. The average Bonchev–Trinajstić information content (AvgIpc) is 2.83. The van der Waals surface area contributed by atoms with Gasteiger partial charge in [-0.1, -0.05) is 25.1 Å². The highest BCUT2D eigenvalue weighted by Gasteiger charge is 2.31. The van der Waals surface area contributed by atoms with Gasteiger partial charge in [0.1, 0.15) is 11.9 Å². The summed E-state index contributed by atoms with van der Waals surface area (Å²) >= 11 is 0. The quantitative estimate of drug-likeness (QED) is 0.879. The number of anilines is 1. The number of sulfonamides is 1. The second kappa shape index (κ2) is 6.16. The number of carbonyl (C=O) groups is 1. The van der Waals surface area contributed by atoms with Crippen LogP contribution in [0.1, 0.15) is 41.3 Å². The van der Waals surface area contributed by atoms with Gasteiger partial charge >= 0.3 is 0 Å². The van der Waals surface area contributed by atoms with Gasteiger partial charge in [-0.2, -0.15) is 0 Å². The molecule has 0 radical (unpaired) electrons. The van der Waals surface area contributed by atoms with Crippen molar-refractivity contribution in [3.8, 4) is 5.75 Å². The van der Waals surface area contributed by atoms with Crippen LogP contribution in [0.15, 0.2) is 41.3 Å². The fourth-order valence-corrected chi connectivity index (χ4v) is 3.76. The SMILES string of the molecule is Cc1ccc(NC(=O)c2cccc3c2O[C@@H](C)[C@H]3C)cc1S(N)(=O)=O. The summed E-state index contributed by atoms with van der Waals surface area (Å²) in [4.78, 5) is 12.6. The zero-order chi connectivity index (χ0) is 18.4. The van der Waals surface area contributed by atoms with E-state index in [4.69, 9.17) is 9.88 Å². The molecule has 3 rings (SSSR count). The van der Waals surface area contributed by atoms with Crippen LogP contribution in [0.5, 0.6) is 5.75 Å². The summed E-state index contributed by atoms with van der Waals surface area (Å²) in [5.74, 6) is 0.428. The molecule has 132 valence electrons. The van der Waals surface area contributed by atoms with Crippen LogP contribution in [0.4, 0.5) is 5.69 Å². The number of carbonyl (C=O) groups excluding carboxylic acids is 1. The lowest BCUT2D eigenvalue weighted by atomic mass is 9.97. The number of aryl methyl sites for hydroxylation is 1. The highest BCUT2D eigenvalue weighted by Crippen LogP contribution is 2.40. The van der Waals surface area contributed by atoms with Gasteiger partial charge in [0.25, 0.3) is 5.91 Å². The Bertz CT molecular complexity index is 954. The topological polar surface area (TPSA) is 98.5 Å². The molecule has 3 N–H and O–H groups in total. The van der Waals surface area contributed by atoms with Crippen LogP contribution < -0.4 is 15.2 Å². The molecular weight excluding hydrogens is 340 g/mol. The summed E-state index contributed by atoms with van der Waals surface area (Å²) in [6.45, 7) is 5.66. The Morgan fingerprint density at radius 2 is 1.92 bits per heavy atom. The highest BCUT2D eigenvalue weighted by atomic mass is 32.2. The van der Waals surface area contributed by atoms with E-state index in [2.05, 4.69) is 12.2 Å². The molecule has 0 spiro atoms. The van der Waals surface area contributed by atoms with Gasteiger partial charge in [0, 0.05) is 17.2 Å². The fourth-order valence-electron chi connectivity index (χ4n) is 2.95. The zero-order valence-electron chi connectivity index (χ0n) is 14.2. The normalized spacial score (nSPS) is 19.2. The predicted octanol–water partition coefficient (Wildman–Crippen LogP) is 2.78. The molecule has 0 aliphatic carbocycles. The van der Waals surface area contributed by atoms with Gasteiger partial charge < -0.3 is 10.1 Å². The number of nitrogens with one attached hydrogen (secondary N) is 1. The molecule has 1 aliphatic heterocycles. The standard InChI is InChI=1S/C18H20N2O4S/c1-10-7-8-13(9-16(10)25(19,22)23)20-18(21)15-6-4-5-14-11(2)12(3)24-17(14)15/h4-9,11-12H,1-3H3,(H,20,21)(H2,19,22,23)/t11-,12+/m1/s1. The van der Waals surface area contributed by atoms with Gasteiger partial charge in [-0.3, -0.25) is 4.79 Å². The second-order valence-corrected chi connectivity index (χ2v) is 7.84. The first-order chi connectivity index (χ1) is 11.7. The minimum absolute atomic E-state index is 0.00249. The Kier molecular flexibility index (Phi) is 4.30. The summed E-state index contributed by atoms with van der Waals surface area (Å²) in [5, 5.41) is 7.93. The largest absolute Gasteiger partial charge is 0.489 e. The average molecular weight is 360 g/mol. The van der Waals surface area contributed by atoms with Crippen LogP contribution in [0, 0.1) is 6.92 Å². The van der Waals surface area contributed by atoms with Gasteiger partial charge in [-0.15, -0.1) is 0 Å². The van der Waals surface area contributed by atoms with E-state index in [9.17, 15) is 13.2 Å². The number of rotatable bonds is 3. The van der Waals surface area contributed by atoms with E-state index in [1.807, 2.05) is 19.1 Å². The number of para-hydroxylation sites is 1. The van der Waals surface area contributed by atoms with Crippen molar-refractivity contribution in [3.63, 3.8) is 0 Å². The van der Waals surface area contributed by atoms with Crippen LogP contribution in [0.2, 0.25) is 0 Å². The Hall–Kier alpha value is -2.38. The molecular formula is C18H20N2O4S. The number of primary sulfonamides is 1. The summed E-state index contributed by atoms with van der Waals surface area (Å²) in [6.07, 6.45) is -0.00249. The third kappa shape index (κ3) is 3.25. The van der Waals surface area contributed by atoms with Crippen molar-refractivity contribution < 1.29 is 17.9 Å². The van der Waals surface area contributed by atoms with E-state index in [0.29, 0.717) is 22.6 Å². The number of nitrogens with two attached hydrogens (primary N) is 1. The van der Waals surface area contributed by atoms with E-state index < -0.39 is 10.0 Å². The fraction of sp³-hybridized carbons (Fsp3) is 0.278. The third-order valence-electron chi connectivity index (χ3n) is 4.54. The van der Waals surface area contributed by atoms with Crippen molar-refractivity contribution in [2.75, 3.05) is 5.32 Å². The van der Waals surface area contributed by atoms with Gasteiger partial charge in [0.05, 0.1) is 10.5 Å². The van der Waals surface area contributed by atoms with Crippen molar-refractivity contribution >= 4 is 21.6 Å². The molecule has 7 heteroatoms. The molecule has 1 heterocycles. The number of amides is 1. The van der Waals surface area contributed by atoms with E-state index in [-0.39, 0.29) is 22.8 Å². The maximum atomic E-state index is 12.7. The lowest BCUT2D eigenvalue weighted by Crippen LogP contribution is -2.16. The Balaban J connectivity index is 1.93. The second-order valence-electron chi connectivity index (χ2n) is 6.31. The molecule has 1 amide bonds. The van der Waals surface area contributed by atoms with Crippen molar-refractivity contribution in [1.29, 1.82) is 0 Å². The van der Waals surface area contributed by atoms with Gasteiger partial charge in [0.2, 0.25) is 10.0 Å².